The molecule has 1 atom stereocenters. The number of nitrogens with two attached hydrogens (primary N) is 1. The Hall–Kier alpha value is -3.35. The fraction of sp³-hybridized carbons (Fsp3) is 0.105. The van der Waals surface area contributed by atoms with Crippen molar-refractivity contribution < 1.29 is 18.4 Å². The van der Waals surface area contributed by atoms with Crippen LogP contribution in [0.15, 0.2) is 54.6 Å². The van der Waals surface area contributed by atoms with Gasteiger partial charge in [-0.3, -0.25) is 14.6 Å². The van der Waals surface area contributed by atoms with E-state index in [-0.39, 0.29) is 12.0 Å². The van der Waals surface area contributed by atoms with E-state index in [9.17, 15) is 18.4 Å². The fourth-order valence-electron chi connectivity index (χ4n) is 2.53. The average Bonchev–Trinajstić information content (AvgIpc) is 2.63. The number of aromatic nitrogens is 1. The van der Waals surface area contributed by atoms with E-state index in [2.05, 4.69) is 10.3 Å². The number of carbonyl (C=O) groups is 2. The molecule has 0 saturated carbocycles. The highest BCUT2D eigenvalue weighted by molar-refractivity contribution is 5.97. The number of hydrogen-bond acceptors (Lipinski definition) is 3. The van der Waals surface area contributed by atoms with Gasteiger partial charge in [0.15, 0.2) is 11.6 Å². The smallest absolute Gasteiger partial charge is 0.252 e. The number of nitrogens with one attached hydrogen (secondary N) is 1. The molecule has 5 nitrogen and oxygen atoms in total. The van der Waals surface area contributed by atoms with Gasteiger partial charge in [0.1, 0.15) is 6.04 Å². The summed E-state index contributed by atoms with van der Waals surface area (Å²) in [5.41, 5.74) is 6.57. The molecule has 0 aliphatic rings. The third-order valence-corrected chi connectivity index (χ3v) is 3.90. The van der Waals surface area contributed by atoms with Gasteiger partial charge < -0.3 is 11.1 Å². The summed E-state index contributed by atoms with van der Waals surface area (Å²) >= 11 is 0. The molecule has 0 radical (unpaired) electrons. The minimum Gasteiger partial charge on any atom is -0.368 e. The summed E-state index contributed by atoms with van der Waals surface area (Å²) in [6.45, 7) is 0. The van der Waals surface area contributed by atoms with Crippen molar-refractivity contribution in [3.05, 3.63) is 77.5 Å². The van der Waals surface area contributed by atoms with Gasteiger partial charge in [-0.25, -0.2) is 8.78 Å². The molecule has 3 rings (SSSR count). The Balaban J connectivity index is 1.78. The third-order valence-electron chi connectivity index (χ3n) is 3.90. The average molecular weight is 355 g/mol. The zero-order chi connectivity index (χ0) is 18.7. The van der Waals surface area contributed by atoms with E-state index < -0.39 is 29.5 Å². The molecule has 7 heteroatoms. The summed E-state index contributed by atoms with van der Waals surface area (Å²) in [5.74, 6) is -3.69. The largest absolute Gasteiger partial charge is 0.368 e. The lowest BCUT2D eigenvalue weighted by molar-refractivity contribution is -0.119. The van der Waals surface area contributed by atoms with Crippen LogP contribution in [0.25, 0.3) is 10.9 Å². The standard InChI is InChI=1S/C19H15F2N3O2/c20-14-8-6-12(9-15(14)21)19(26)24-17(18(22)25)10-13-7-5-11-3-1-2-4-16(11)23-13/h1-9,17H,10H2,(H2,22,25)(H,24,26)/t17-/m1/s1. The number of carbonyl (C=O) groups excluding carboxylic acids is 2. The van der Waals surface area contributed by atoms with Gasteiger partial charge in [0.05, 0.1) is 5.52 Å². The normalized spacial score (nSPS) is 11.9. The molecule has 3 N–H and O–H groups in total. The summed E-state index contributed by atoms with van der Waals surface area (Å²) in [6.07, 6.45) is 0.0790. The van der Waals surface area contributed by atoms with Crippen LogP contribution < -0.4 is 11.1 Å². The molecule has 0 spiro atoms. The number of primary amides is 1. The number of amides is 2. The molecule has 0 saturated heterocycles. The number of pyridine rings is 1. The fourth-order valence-corrected chi connectivity index (χ4v) is 2.53. The summed E-state index contributed by atoms with van der Waals surface area (Å²) in [4.78, 5) is 28.3. The molecule has 3 aromatic rings. The lowest BCUT2D eigenvalue weighted by Gasteiger charge is -2.15. The molecular formula is C19H15F2N3O2. The maximum atomic E-state index is 13.3. The van der Waals surface area contributed by atoms with Crippen molar-refractivity contribution in [2.24, 2.45) is 5.73 Å². The molecule has 26 heavy (non-hydrogen) atoms. The monoisotopic (exact) mass is 355 g/mol. The number of benzene rings is 2. The van der Waals surface area contributed by atoms with Gasteiger partial charge in [0.25, 0.3) is 5.91 Å². The number of nitrogens with zero attached hydrogens (tertiary/aromatic N) is 1. The Bertz CT molecular complexity index is 991. The highest BCUT2D eigenvalue weighted by atomic mass is 19.2. The second-order valence-electron chi connectivity index (χ2n) is 5.76. The van der Waals surface area contributed by atoms with E-state index in [1.54, 1.807) is 6.07 Å². The van der Waals surface area contributed by atoms with E-state index in [1.165, 1.54) is 0 Å². The predicted molar refractivity (Wildman–Crippen MR) is 92.3 cm³/mol. The minimum absolute atomic E-state index is 0.0790. The maximum absolute atomic E-state index is 13.3. The predicted octanol–water partition coefficient (Wildman–Crippen LogP) is 2.34. The van der Waals surface area contributed by atoms with E-state index in [4.69, 9.17) is 5.73 Å². The van der Waals surface area contributed by atoms with Crippen molar-refractivity contribution in [3.8, 4) is 0 Å². The molecular weight excluding hydrogens is 340 g/mol. The minimum atomic E-state index is -1.15. The van der Waals surface area contributed by atoms with Gasteiger partial charge in [0, 0.05) is 23.1 Å². The van der Waals surface area contributed by atoms with Crippen molar-refractivity contribution in [3.63, 3.8) is 0 Å². The Morgan fingerprint density at radius 1 is 1.04 bits per heavy atom. The van der Waals surface area contributed by atoms with Crippen LogP contribution in [-0.2, 0) is 11.2 Å². The lowest BCUT2D eigenvalue weighted by Crippen LogP contribution is -2.46. The first-order chi connectivity index (χ1) is 12.4. The van der Waals surface area contributed by atoms with Crippen LogP contribution >= 0.6 is 0 Å². The quantitative estimate of drug-likeness (QED) is 0.737. The van der Waals surface area contributed by atoms with Crippen LogP contribution in [0.1, 0.15) is 16.1 Å². The summed E-state index contributed by atoms with van der Waals surface area (Å²) in [6, 6.07) is 12.7. The highest BCUT2D eigenvalue weighted by Crippen LogP contribution is 2.13. The Kier molecular flexibility index (Phi) is 4.88. The van der Waals surface area contributed by atoms with Crippen LogP contribution in [0, 0.1) is 11.6 Å². The van der Waals surface area contributed by atoms with Crippen LogP contribution in [-0.4, -0.2) is 22.8 Å². The molecule has 2 amide bonds. The summed E-state index contributed by atoms with van der Waals surface area (Å²) < 4.78 is 26.3. The second kappa shape index (κ2) is 7.26. The summed E-state index contributed by atoms with van der Waals surface area (Å²) in [7, 11) is 0. The van der Waals surface area contributed by atoms with Gasteiger partial charge in [0.2, 0.25) is 5.91 Å². The molecule has 132 valence electrons. The Morgan fingerprint density at radius 2 is 1.81 bits per heavy atom. The number of fused-ring (bicyclic) bond motifs is 1. The van der Waals surface area contributed by atoms with E-state index >= 15 is 0 Å². The number of hydrogen-bond donors (Lipinski definition) is 2. The maximum Gasteiger partial charge on any atom is 0.252 e. The van der Waals surface area contributed by atoms with Crippen molar-refractivity contribution in [1.82, 2.24) is 10.3 Å². The van der Waals surface area contributed by atoms with Gasteiger partial charge in [-0.1, -0.05) is 24.3 Å². The van der Waals surface area contributed by atoms with Crippen molar-refractivity contribution >= 4 is 22.7 Å². The van der Waals surface area contributed by atoms with Crippen molar-refractivity contribution in [1.29, 1.82) is 0 Å². The van der Waals surface area contributed by atoms with Gasteiger partial charge in [-0.15, -0.1) is 0 Å². The second-order valence-corrected chi connectivity index (χ2v) is 5.76. The topological polar surface area (TPSA) is 85.1 Å². The number of halogens is 2. The molecule has 0 fully saturated rings. The van der Waals surface area contributed by atoms with Crippen LogP contribution in [0.3, 0.4) is 0 Å². The molecule has 0 aliphatic heterocycles. The first-order valence-electron chi connectivity index (χ1n) is 7.84. The van der Waals surface area contributed by atoms with Gasteiger partial charge in [-0.05, 0) is 30.3 Å². The number of para-hydroxylation sites is 1. The lowest BCUT2D eigenvalue weighted by atomic mass is 10.1. The van der Waals surface area contributed by atoms with Crippen LogP contribution in [0.4, 0.5) is 8.78 Å². The van der Waals surface area contributed by atoms with Crippen molar-refractivity contribution in [2.45, 2.75) is 12.5 Å². The molecule has 1 aromatic heterocycles. The zero-order valence-electron chi connectivity index (χ0n) is 13.6. The number of rotatable bonds is 5. The van der Waals surface area contributed by atoms with Crippen LogP contribution in [0.2, 0.25) is 0 Å². The van der Waals surface area contributed by atoms with E-state index in [0.717, 1.165) is 29.1 Å². The molecule has 1 heterocycles. The summed E-state index contributed by atoms with van der Waals surface area (Å²) in [5, 5.41) is 3.38. The third kappa shape index (κ3) is 3.83. The molecule has 0 unspecified atom stereocenters. The highest BCUT2D eigenvalue weighted by Gasteiger charge is 2.21. The van der Waals surface area contributed by atoms with Crippen LogP contribution in [0.5, 0.6) is 0 Å². The Labute approximate surface area is 147 Å². The molecule has 2 aromatic carbocycles. The molecule has 0 bridgehead atoms. The zero-order valence-corrected chi connectivity index (χ0v) is 13.6. The molecule has 0 aliphatic carbocycles. The van der Waals surface area contributed by atoms with Gasteiger partial charge >= 0.3 is 0 Å². The van der Waals surface area contributed by atoms with Gasteiger partial charge in [-0.2, -0.15) is 0 Å². The van der Waals surface area contributed by atoms with E-state index in [0.29, 0.717) is 5.69 Å². The first kappa shape index (κ1) is 17.5. The SMILES string of the molecule is NC(=O)[C@@H](Cc1ccc2ccccc2n1)NC(=O)c1ccc(F)c(F)c1. The van der Waals surface area contributed by atoms with Crippen molar-refractivity contribution in [2.75, 3.05) is 0 Å². The first-order valence-corrected chi connectivity index (χ1v) is 7.84. The van der Waals surface area contributed by atoms with E-state index in [1.807, 2.05) is 30.3 Å². The Morgan fingerprint density at radius 3 is 2.54 bits per heavy atom.